The third-order valence-electron chi connectivity index (χ3n) is 4.33. The fourth-order valence-electron chi connectivity index (χ4n) is 3.08. The van der Waals surface area contributed by atoms with Gasteiger partial charge in [0.2, 0.25) is 0 Å². The van der Waals surface area contributed by atoms with Crippen LogP contribution in [-0.2, 0) is 13.1 Å². The summed E-state index contributed by atoms with van der Waals surface area (Å²) in [5.41, 5.74) is 4.60. The van der Waals surface area contributed by atoms with Crippen LogP contribution in [0.3, 0.4) is 0 Å². The number of halogens is 1. The minimum absolute atomic E-state index is 0. The van der Waals surface area contributed by atoms with E-state index >= 15 is 0 Å². The molecule has 0 fully saturated rings. The van der Waals surface area contributed by atoms with Crippen molar-refractivity contribution in [2.24, 2.45) is 0 Å². The maximum Gasteiger partial charge on any atom is 0.124 e. The van der Waals surface area contributed by atoms with E-state index in [-0.39, 0.29) is 19.0 Å². The Labute approximate surface area is 143 Å². The van der Waals surface area contributed by atoms with Gasteiger partial charge in [-0.05, 0) is 19.9 Å². The summed E-state index contributed by atoms with van der Waals surface area (Å²) in [5, 5.41) is 17.2. The lowest BCUT2D eigenvalue weighted by Gasteiger charge is -2.26. The first-order valence-electron chi connectivity index (χ1n) is 7.79. The van der Waals surface area contributed by atoms with E-state index in [1.165, 1.54) is 11.1 Å². The highest BCUT2D eigenvalue weighted by atomic mass is 35.5. The molecule has 2 aromatic rings. The van der Waals surface area contributed by atoms with E-state index in [1.807, 2.05) is 23.7 Å². The number of ether oxygens (including phenoxy) is 1. The highest BCUT2D eigenvalue weighted by Crippen LogP contribution is 2.31. The van der Waals surface area contributed by atoms with Crippen molar-refractivity contribution in [2.45, 2.75) is 39.4 Å². The summed E-state index contributed by atoms with van der Waals surface area (Å²) in [6, 6.07) is 8.52. The van der Waals surface area contributed by atoms with E-state index in [2.05, 4.69) is 29.5 Å². The molecule has 1 atom stereocenters. The lowest BCUT2D eigenvalue weighted by Crippen LogP contribution is -2.27. The molecule has 0 amide bonds. The van der Waals surface area contributed by atoms with Crippen molar-refractivity contribution in [2.75, 3.05) is 13.2 Å². The number of benzene rings is 1. The number of hydrogen-bond acceptors (Lipinski definition) is 4. The number of rotatable bonds is 5. The van der Waals surface area contributed by atoms with Crippen molar-refractivity contribution >= 4 is 12.4 Å². The average molecular weight is 338 g/mol. The van der Waals surface area contributed by atoms with E-state index in [9.17, 15) is 0 Å². The number of para-hydroxylation sites is 1. The van der Waals surface area contributed by atoms with E-state index in [0.717, 1.165) is 36.7 Å². The molecule has 1 aromatic heterocycles. The minimum Gasteiger partial charge on any atom is -0.493 e. The van der Waals surface area contributed by atoms with Gasteiger partial charge in [0.15, 0.2) is 0 Å². The van der Waals surface area contributed by atoms with Crippen LogP contribution in [0.25, 0.3) is 0 Å². The number of nitrogens with zero attached hydrogens (tertiary/aromatic N) is 2. The number of fused-ring (bicyclic) bond motifs is 1. The van der Waals surface area contributed by atoms with E-state index in [4.69, 9.17) is 9.84 Å². The molecule has 2 N–H and O–H groups in total. The summed E-state index contributed by atoms with van der Waals surface area (Å²) in [5.74, 6) is 0.982. The Morgan fingerprint density at radius 3 is 2.91 bits per heavy atom. The highest BCUT2D eigenvalue weighted by Gasteiger charge is 2.21. The first kappa shape index (κ1) is 17.8. The normalized spacial score (nSPS) is 16.4. The molecule has 2 heterocycles. The maximum absolute atomic E-state index is 9.10. The van der Waals surface area contributed by atoms with Crippen LogP contribution >= 0.6 is 12.4 Å². The molecule has 1 aliphatic rings. The summed E-state index contributed by atoms with van der Waals surface area (Å²) in [4.78, 5) is 0. The molecule has 23 heavy (non-hydrogen) atoms. The third kappa shape index (κ3) is 3.68. The van der Waals surface area contributed by atoms with Crippen molar-refractivity contribution in [3.8, 4) is 5.75 Å². The Bertz CT molecular complexity index is 657. The molecular weight excluding hydrogens is 314 g/mol. The maximum atomic E-state index is 9.10. The molecular formula is C17H24ClN3O2. The number of aliphatic hydroxyl groups excluding tert-OH is 1. The number of hydrogen-bond donors (Lipinski definition) is 2. The summed E-state index contributed by atoms with van der Waals surface area (Å²) >= 11 is 0. The molecule has 0 bridgehead atoms. The smallest absolute Gasteiger partial charge is 0.124 e. The summed E-state index contributed by atoms with van der Waals surface area (Å²) in [7, 11) is 0. The first-order valence-corrected chi connectivity index (χ1v) is 7.79. The van der Waals surface area contributed by atoms with Gasteiger partial charge >= 0.3 is 0 Å². The van der Waals surface area contributed by atoms with Crippen LogP contribution in [0.4, 0.5) is 0 Å². The van der Waals surface area contributed by atoms with Crippen LogP contribution < -0.4 is 10.1 Å². The van der Waals surface area contributed by atoms with Crippen LogP contribution in [0.15, 0.2) is 24.3 Å². The largest absolute Gasteiger partial charge is 0.493 e. The molecule has 1 aliphatic heterocycles. The Kier molecular flexibility index (Phi) is 6.04. The van der Waals surface area contributed by atoms with Gasteiger partial charge in [0, 0.05) is 35.8 Å². The van der Waals surface area contributed by atoms with Crippen LogP contribution in [0, 0.1) is 13.8 Å². The van der Waals surface area contributed by atoms with Gasteiger partial charge in [-0.15, -0.1) is 12.4 Å². The number of aromatic nitrogens is 2. The molecule has 0 saturated carbocycles. The molecule has 0 saturated heterocycles. The molecule has 0 radical (unpaired) electrons. The summed E-state index contributed by atoms with van der Waals surface area (Å²) in [6.45, 7) is 6.27. The van der Waals surface area contributed by atoms with E-state index in [0.29, 0.717) is 12.6 Å². The number of nitrogens with one attached hydrogen (secondary N) is 1. The second-order valence-corrected chi connectivity index (χ2v) is 5.70. The zero-order valence-electron chi connectivity index (χ0n) is 13.6. The second kappa shape index (κ2) is 7.81. The molecule has 1 unspecified atom stereocenters. The van der Waals surface area contributed by atoms with Crippen molar-refractivity contribution in [3.05, 3.63) is 46.8 Å². The summed E-state index contributed by atoms with van der Waals surface area (Å²) in [6.07, 6.45) is 0.972. The van der Waals surface area contributed by atoms with Crippen molar-refractivity contribution < 1.29 is 9.84 Å². The lowest BCUT2D eigenvalue weighted by molar-refractivity contribution is 0.252. The molecule has 0 spiro atoms. The predicted octanol–water partition coefficient (Wildman–Crippen LogP) is 2.53. The van der Waals surface area contributed by atoms with Gasteiger partial charge in [0.05, 0.1) is 25.5 Å². The zero-order valence-corrected chi connectivity index (χ0v) is 14.4. The van der Waals surface area contributed by atoms with Crippen molar-refractivity contribution in [3.63, 3.8) is 0 Å². The third-order valence-corrected chi connectivity index (χ3v) is 4.33. The topological polar surface area (TPSA) is 59.3 Å². The molecule has 6 heteroatoms. The van der Waals surface area contributed by atoms with Gasteiger partial charge in [-0.3, -0.25) is 4.68 Å². The fourth-order valence-corrected chi connectivity index (χ4v) is 3.08. The van der Waals surface area contributed by atoms with Crippen LogP contribution in [0.2, 0.25) is 0 Å². The minimum atomic E-state index is 0. The van der Waals surface area contributed by atoms with Crippen LogP contribution in [0.1, 0.15) is 35.0 Å². The average Bonchev–Trinajstić information content (AvgIpc) is 2.80. The second-order valence-electron chi connectivity index (χ2n) is 5.70. The Hall–Kier alpha value is -1.56. The van der Waals surface area contributed by atoms with Gasteiger partial charge in [-0.25, -0.2) is 0 Å². The Morgan fingerprint density at radius 2 is 2.13 bits per heavy atom. The summed E-state index contributed by atoms with van der Waals surface area (Å²) < 4.78 is 7.58. The van der Waals surface area contributed by atoms with E-state index < -0.39 is 0 Å². The Morgan fingerprint density at radius 1 is 1.35 bits per heavy atom. The number of aliphatic hydroxyl groups is 1. The van der Waals surface area contributed by atoms with Gasteiger partial charge < -0.3 is 15.2 Å². The van der Waals surface area contributed by atoms with Gasteiger partial charge in [0.25, 0.3) is 0 Å². The molecule has 3 rings (SSSR count). The van der Waals surface area contributed by atoms with Crippen LogP contribution in [-0.4, -0.2) is 28.1 Å². The van der Waals surface area contributed by atoms with Crippen molar-refractivity contribution in [1.29, 1.82) is 0 Å². The zero-order chi connectivity index (χ0) is 15.5. The molecule has 5 nitrogen and oxygen atoms in total. The molecule has 0 aliphatic carbocycles. The van der Waals surface area contributed by atoms with Crippen molar-refractivity contribution in [1.82, 2.24) is 15.1 Å². The molecule has 1 aromatic carbocycles. The highest BCUT2D eigenvalue weighted by molar-refractivity contribution is 5.85. The standard InChI is InChI=1S/C17H23N3O2.ClH/c1-12-15(13(2)20(19-12)8-9-21)11-18-16-7-10-22-17-6-4-3-5-14(16)17;/h3-6,16,18,21H,7-11H2,1-2H3;1H. The number of aryl methyl sites for hydroxylation is 1. The van der Waals surface area contributed by atoms with E-state index in [1.54, 1.807) is 0 Å². The Balaban J connectivity index is 0.00000192. The predicted molar refractivity (Wildman–Crippen MR) is 92.2 cm³/mol. The van der Waals surface area contributed by atoms with Gasteiger partial charge in [-0.1, -0.05) is 18.2 Å². The SMILES string of the molecule is Cc1nn(CCO)c(C)c1CNC1CCOc2ccccc21.Cl. The van der Waals surface area contributed by atoms with Crippen LogP contribution in [0.5, 0.6) is 5.75 Å². The monoisotopic (exact) mass is 337 g/mol. The van der Waals surface area contributed by atoms with Gasteiger partial charge in [-0.2, -0.15) is 5.10 Å². The lowest BCUT2D eigenvalue weighted by atomic mass is 10.00. The van der Waals surface area contributed by atoms with Gasteiger partial charge in [0.1, 0.15) is 5.75 Å². The quantitative estimate of drug-likeness (QED) is 0.880. The first-order chi connectivity index (χ1) is 10.7. The fraction of sp³-hybridized carbons (Fsp3) is 0.471. The molecule has 126 valence electrons.